The van der Waals surface area contributed by atoms with Gasteiger partial charge in [0.2, 0.25) is 0 Å². The second kappa shape index (κ2) is 7.60. The van der Waals surface area contributed by atoms with Gasteiger partial charge in [0.05, 0.1) is 12.2 Å². The van der Waals surface area contributed by atoms with Crippen LogP contribution in [0.3, 0.4) is 0 Å². The third-order valence-corrected chi connectivity index (χ3v) is 2.83. The Kier molecular flexibility index (Phi) is 6.45. The van der Waals surface area contributed by atoms with Gasteiger partial charge in [0.25, 0.3) is 0 Å². The molecule has 2 N–H and O–H groups in total. The highest BCUT2D eigenvalue weighted by Crippen LogP contribution is 2.07. The zero-order valence-electron chi connectivity index (χ0n) is 12.4. The summed E-state index contributed by atoms with van der Waals surface area (Å²) in [5.41, 5.74) is 1.67. The van der Waals surface area contributed by atoms with Crippen molar-refractivity contribution in [2.75, 3.05) is 34.3 Å². The molecule has 1 aromatic carbocycles. The van der Waals surface area contributed by atoms with Crippen molar-refractivity contribution in [2.45, 2.75) is 25.7 Å². The first-order valence-corrected chi connectivity index (χ1v) is 6.57. The Morgan fingerprint density at radius 1 is 1.21 bits per heavy atom. The van der Waals surface area contributed by atoms with Crippen molar-refractivity contribution < 1.29 is 9.84 Å². The van der Waals surface area contributed by atoms with E-state index >= 15 is 0 Å². The molecule has 0 radical (unpaired) electrons. The maximum absolute atomic E-state index is 10.2. The van der Waals surface area contributed by atoms with Gasteiger partial charge in [0, 0.05) is 26.7 Å². The summed E-state index contributed by atoms with van der Waals surface area (Å²) in [4.78, 5) is 1.99. The predicted molar refractivity (Wildman–Crippen MR) is 78.0 cm³/mol. The van der Waals surface area contributed by atoms with Gasteiger partial charge in [-0.2, -0.15) is 0 Å². The third-order valence-electron chi connectivity index (χ3n) is 2.83. The van der Waals surface area contributed by atoms with E-state index in [1.807, 2.05) is 25.9 Å². The third kappa shape index (κ3) is 6.68. The number of likely N-dealkylation sites (N-methyl/N-ethyl adjacent to an activating group) is 1. The fourth-order valence-corrected chi connectivity index (χ4v) is 2.13. The van der Waals surface area contributed by atoms with Crippen molar-refractivity contribution >= 4 is 0 Å². The molecule has 0 saturated carbocycles. The molecule has 0 aliphatic heterocycles. The van der Waals surface area contributed by atoms with Crippen LogP contribution in [0.2, 0.25) is 0 Å². The molecule has 1 unspecified atom stereocenters. The van der Waals surface area contributed by atoms with Crippen LogP contribution in [0.4, 0.5) is 0 Å². The Hall–Kier alpha value is -0.940. The minimum Gasteiger partial charge on any atom is -0.388 e. The molecular formula is C15H26N2O2. The lowest BCUT2D eigenvalue weighted by molar-refractivity contribution is 0.0336. The Morgan fingerprint density at radius 3 is 2.32 bits per heavy atom. The van der Waals surface area contributed by atoms with E-state index in [0.717, 1.165) is 6.54 Å². The highest BCUT2D eigenvalue weighted by atomic mass is 16.5. The minimum absolute atomic E-state index is 0.574. The minimum atomic E-state index is -0.709. The largest absolute Gasteiger partial charge is 0.388 e. The highest BCUT2D eigenvalue weighted by molar-refractivity contribution is 5.21. The van der Waals surface area contributed by atoms with Gasteiger partial charge in [-0.25, -0.2) is 0 Å². The van der Waals surface area contributed by atoms with Gasteiger partial charge in [-0.15, -0.1) is 0 Å². The number of aliphatic hydroxyl groups is 1. The topological polar surface area (TPSA) is 44.7 Å². The summed E-state index contributed by atoms with van der Waals surface area (Å²) in [6, 6.07) is 8.31. The van der Waals surface area contributed by atoms with Crippen molar-refractivity contribution in [3.63, 3.8) is 0 Å². The molecule has 0 fully saturated rings. The molecule has 4 heteroatoms. The van der Waals surface area contributed by atoms with Crippen molar-refractivity contribution in [2.24, 2.45) is 0 Å². The van der Waals surface area contributed by atoms with Crippen molar-refractivity contribution in [3.8, 4) is 0 Å². The van der Waals surface area contributed by atoms with Crippen LogP contribution in [0.1, 0.15) is 18.1 Å². The molecule has 1 rings (SSSR count). The molecule has 0 spiro atoms. The van der Waals surface area contributed by atoms with Crippen LogP contribution in [0.25, 0.3) is 0 Å². The smallest absolute Gasteiger partial charge is 0.0869 e. The second-order valence-electron chi connectivity index (χ2n) is 5.59. The Bertz CT molecular complexity index is 361. The standard InChI is InChI=1S/C15H26N2O2/c1-15(18,12-17(2)3)11-16-9-13-5-7-14(8-6-13)10-19-4/h5-8,16,18H,9-12H2,1-4H3. The van der Waals surface area contributed by atoms with Crippen molar-refractivity contribution in [1.29, 1.82) is 0 Å². The van der Waals surface area contributed by atoms with E-state index in [-0.39, 0.29) is 0 Å². The molecular weight excluding hydrogens is 240 g/mol. The van der Waals surface area contributed by atoms with Crippen LogP contribution in [0.15, 0.2) is 24.3 Å². The summed E-state index contributed by atoms with van der Waals surface area (Å²) >= 11 is 0. The average Bonchev–Trinajstić information content (AvgIpc) is 2.30. The molecule has 0 aliphatic carbocycles. The number of benzene rings is 1. The van der Waals surface area contributed by atoms with Crippen LogP contribution in [0.5, 0.6) is 0 Å². The summed E-state index contributed by atoms with van der Waals surface area (Å²) in [6.45, 7) is 4.47. The maximum Gasteiger partial charge on any atom is 0.0869 e. The fraction of sp³-hybridized carbons (Fsp3) is 0.600. The summed E-state index contributed by atoms with van der Waals surface area (Å²) in [6.07, 6.45) is 0. The van der Waals surface area contributed by atoms with E-state index in [1.165, 1.54) is 11.1 Å². The lowest BCUT2D eigenvalue weighted by Gasteiger charge is -2.27. The van der Waals surface area contributed by atoms with Crippen LogP contribution in [-0.4, -0.2) is 49.9 Å². The fourth-order valence-electron chi connectivity index (χ4n) is 2.13. The first kappa shape index (κ1) is 16.1. The average molecular weight is 266 g/mol. The first-order valence-electron chi connectivity index (χ1n) is 6.57. The molecule has 0 aromatic heterocycles. The summed E-state index contributed by atoms with van der Waals surface area (Å²) in [5.74, 6) is 0. The Balaban J connectivity index is 2.36. The summed E-state index contributed by atoms with van der Waals surface area (Å²) < 4.78 is 5.08. The maximum atomic E-state index is 10.2. The molecule has 0 heterocycles. The van der Waals surface area contributed by atoms with Crippen LogP contribution >= 0.6 is 0 Å². The van der Waals surface area contributed by atoms with Gasteiger partial charge >= 0.3 is 0 Å². The van der Waals surface area contributed by atoms with Gasteiger partial charge in [-0.05, 0) is 32.1 Å². The van der Waals surface area contributed by atoms with Crippen molar-refractivity contribution in [3.05, 3.63) is 35.4 Å². The van der Waals surface area contributed by atoms with E-state index in [1.54, 1.807) is 7.11 Å². The number of nitrogens with one attached hydrogen (secondary N) is 1. The number of methoxy groups -OCH3 is 1. The quantitative estimate of drug-likeness (QED) is 0.743. The van der Waals surface area contributed by atoms with Gasteiger partial charge in [0.15, 0.2) is 0 Å². The molecule has 19 heavy (non-hydrogen) atoms. The van der Waals surface area contributed by atoms with Crippen LogP contribution in [0, 0.1) is 0 Å². The first-order chi connectivity index (χ1) is 8.93. The van der Waals surface area contributed by atoms with E-state index < -0.39 is 5.60 Å². The predicted octanol–water partition coefficient (Wildman–Crippen LogP) is 1.24. The number of hydrogen-bond donors (Lipinski definition) is 2. The van der Waals surface area contributed by atoms with E-state index in [2.05, 4.69) is 29.6 Å². The van der Waals surface area contributed by atoms with Crippen LogP contribution < -0.4 is 5.32 Å². The SMILES string of the molecule is COCc1ccc(CNCC(C)(O)CN(C)C)cc1. The summed E-state index contributed by atoms with van der Waals surface area (Å²) in [5, 5.41) is 13.4. The molecule has 4 nitrogen and oxygen atoms in total. The molecule has 1 aromatic rings. The second-order valence-corrected chi connectivity index (χ2v) is 5.59. The lowest BCUT2D eigenvalue weighted by Crippen LogP contribution is -2.45. The molecule has 0 amide bonds. The zero-order valence-corrected chi connectivity index (χ0v) is 12.4. The number of nitrogens with zero attached hydrogens (tertiary/aromatic N) is 1. The molecule has 0 saturated heterocycles. The van der Waals surface area contributed by atoms with Gasteiger partial charge < -0.3 is 20.1 Å². The monoisotopic (exact) mass is 266 g/mol. The number of rotatable bonds is 8. The Morgan fingerprint density at radius 2 is 1.79 bits per heavy atom. The van der Waals surface area contributed by atoms with Crippen LogP contribution in [-0.2, 0) is 17.9 Å². The molecule has 1 atom stereocenters. The van der Waals surface area contributed by atoms with Crippen molar-refractivity contribution in [1.82, 2.24) is 10.2 Å². The molecule has 0 bridgehead atoms. The van der Waals surface area contributed by atoms with Gasteiger partial charge in [0.1, 0.15) is 0 Å². The summed E-state index contributed by atoms with van der Waals surface area (Å²) in [7, 11) is 5.62. The number of hydrogen-bond acceptors (Lipinski definition) is 4. The van der Waals surface area contributed by atoms with E-state index in [4.69, 9.17) is 4.74 Å². The van der Waals surface area contributed by atoms with Gasteiger partial charge in [-0.3, -0.25) is 0 Å². The van der Waals surface area contributed by atoms with E-state index in [0.29, 0.717) is 19.7 Å². The highest BCUT2D eigenvalue weighted by Gasteiger charge is 2.20. The Labute approximate surface area is 116 Å². The lowest BCUT2D eigenvalue weighted by atomic mass is 10.1. The molecule has 108 valence electrons. The molecule has 0 aliphatic rings. The normalized spacial score (nSPS) is 14.6. The van der Waals surface area contributed by atoms with Gasteiger partial charge in [-0.1, -0.05) is 24.3 Å². The van der Waals surface area contributed by atoms with E-state index in [9.17, 15) is 5.11 Å². The number of ether oxygens (including phenoxy) is 1. The zero-order chi connectivity index (χ0) is 14.3.